The van der Waals surface area contributed by atoms with Gasteiger partial charge in [0.2, 0.25) is 0 Å². The highest BCUT2D eigenvalue weighted by atomic mass is 19.4. The lowest BCUT2D eigenvalue weighted by atomic mass is 9.70. The minimum Gasteiger partial charge on any atom is -0.462 e. The molecule has 6 rings (SSSR count). The summed E-state index contributed by atoms with van der Waals surface area (Å²) in [6.07, 6.45) is 4.54. The van der Waals surface area contributed by atoms with Crippen molar-refractivity contribution in [1.29, 1.82) is 0 Å². The Balaban J connectivity index is 1.33. The molecule has 1 aromatic rings. The van der Waals surface area contributed by atoms with Gasteiger partial charge in [-0.05, 0) is 73.2 Å². The van der Waals surface area contributed by atoms with E-state index in [0.29, 0.717) is 24.0 Å². The number of anilines is 1. The molecule has 3 N–H and O–H groups in total. The number of rotatable bonds is 4. The van der Waals surface area contributed by atoms with Crippen LogP contribution in [-0.4, -0.2) is 76.9 Å². The van der Waals surface area contributed by atoms with Gasteiger partial charge in [0.1, 0.15) is 23.7 Å². The first kappa shape index (κ1) is 40.9. The molecule has 4 aliphatic heterocycles. The van der Waals surface area contributed by atoms with Crippen LogP contribution in [0.15, 0.2) is 83.5 Å². The van der Waals surface area contributed by atoms with E-state index in [4.69, 9.17) is 23.7 Å². The number of alkyl halides is 3. The van der Waals surface area contributed by atoms with Crippen LogP contribution in [0.3, 0.4) is 0 Å². The van der Waals surface area contributed by atoms with E-state index >= 15 is 0 Å². The number of allylic oxidation sites excluding steroid dienone is 2. The minimum atomic E-state index is -4.54. The molecule has 1 spiro atoms. The van der Waals surface area contributed by atoms with Gasteiger partial charge in [-0.15, -0.1) is 0 Å². The monoisotopic (exact) mass is 771 g/mol. The first-order valence-corrected chi connectivity index (χ1v) is 19.1. The van der Waals surface area contributed by atoms with Crippen LogP contribution in [0, 0.1) is 23.7 Å². The van der Waals surface area contributed by atoms with E-state index in [-0.39, 0.29) is 42.6 Å². The van der Waals surface area contributed by atoms with Crippen LogP contribution in [0.2, 0.25) is 0 Å². The lowest BCUT2D eigenvalue weighted by Gasteiger charge is -2.48. The predicted octanol–water partition coefficient (Wildman–Crippen LogP) is 7.58. The van der Waals surface area contributed by atoms with Crippen molar-refractivity contribution in [3.63, 3.8) is 0 Å². The third-order valence-electron chi connectivity index (χ3n) is 11.7. The van der Waals surface area contributed by atoms with Gasteiger partial charge in [-0.1, -0.05) is 70.6 Å². The van der Waals surface area contributed by atoms with E-state index in [1.807, 2.05) is 26.0 Å². The number of aliphatic hydroxyl groups is 2. The fourth-order valence-electron chi connectivity index (χ4n) is 8.30. The maximum Gasteiger partial charge on any atom is 0.416 e. The highest BCUT2D eigenvalue weighted by Gasteiger charge is 2.61. The smallest absolute Gasteiger partial charge is 0.416 e. The SMILES string of the molecule is CC[C@H](C)[C@H]1O[C@]2(C=C[C@@H]1C)C[C@@H]1C[C@@H](C/C=C(\C)[C@@H](O)[C@@H](C)/C=C/C=C3\CO[C@@H]4[C@H](OC(=O)Nc5ccc(C(F)(F)F)cc5)C(C)=C[C@@H](C(=O)O1)[C@]34O)O2. The molecule has 4 heterocycles. The number of hydrogen-bond acceptors (Lipinski definition) is 9. The third-order valence-corrected chi connectivity index (χ3v) is 11.7. The molecule has 13 heteroatoms. The number of benzene rings is 1. The molecule has 2 saturated heterocycles. The van der Waals surface area contributed by atoms with Crippen molar-refractivity contribution in [3.05, 3.63) is 89.1 Å². The number of halogens is 3. The van der Waals surface area contributed by atoms with Gasteiger partial charge in [-0.25, -0.2) is 4.79 Å². The molecule has 1 aromatic carbocycles. The van der Waals surface area contributed by atoms with Gasteiger partial charge in [0.05, 0.1) is 30.5 Å². The Kier molecular flexibility index (Phi) is 11.9. The molecule has 55 heavy (non-hydrogen) atoms. The standard InChI is InChI=1S/C42H52F3NO9/c1-7-23(2)35-26(5)17-18-40(55-35)21-32-20-31(54-40)16-11-25(4)34(47)24(3)9-8-10-29-22-51-37-36(27(6)19-33(38(48)52-32)41(29,37)50)53-39(49)46-30-14-12-28(13-15-30)42(43,44)45/h8-15,17-19,23-24,26,31-37,47,50H,7,16,20-22H2,1-6H3,(H,46,49)/b9-8+,25-11+,29-10+/t23-,24-,26-,31+,32-,33-,34-,35+,36+,37+,40+,41+/m0/s1. The Hall–Kier alpha value is -3.75. The highest BCUT2D eigenvalue weighted by Crippen LogP contribution is 2.48. The van der Waals surface area contributed by atoms with Crippen molar-refractivity contribution < 1.29 is 56.7 Å². The summed E-state index contributed by atoms with van der Waals surface area (Å²) in [5.74, 6) is -3.06. The summed E-state index contributed by atoms with van der Waals surface area (Å²) in [5.41, 5.74) is -1.33. The third kappa shape index (κ3) is 8.51. The lowest BCUT2D eigenvalue weighted by molar-refractivity contribution is -0.300. The molecule has 1 amide bonds. The predicted molar refractivity (Wildman–Crippen MR) is 197 cm³/mol. The number of carbonyl (C=O) groups is 2. The Morgan fingerprint density at radius 2 is 1.80 bits per heavy atom. The van der Waals surface area contributed by atoms with Crippen LogP contribution < -0.4 is 5.32 Å². The second-order valence-corrected chi connectivity index (χ2v) is 15.8. The molecule has 2 fully saturated rings. The summed E-state index contributed by atoms with van der Waals surface area (Å²) < 4.78 is 70.8. The number of aliphatic hydroxyl groups excluding tert-OH is 1. The fourth-order valence-corrected chi connectivity index (χ4v) is 8.30. The van der Waals surface area contributed by atoms with Crippen molar-refractivity contribution in [1.82, 2.24) is 0 Å². The van der Waals surface area contributed by atoms with Gasteiger partial charge in [-0.3, -0.25) is 10.1 Å². The van der Waals surface area contributed by atoms with Crippen molar-refractivity contribution in [2.24, 2.45) is 23.7 Å². The van der Waals surface area contributed by atoms with Gasteiger partial charge in [-0.2, -0.15) is 13.2 Å². The van der Waals surface area contributed by atoms with Crippen LogP contribution in [0.5, 0.6) is 0 Å². The summed E-state index contributed by atoms with van der Waals surface area (Å²) in [5, 5.41) is 26.3. The van der Waals surface area contributed by atoms with Crippen LogP contribution in [-0.2, 0) is 34.7 Å². The maximum absolute atomic E-state index is 14.4. The van der Waals surface area contributed by atoms with Gasteiger partial charge >= 0.3 is 18.2 Å². The molecule has 12 atom stereocenters. The van der Waals surface area contributed by atoms with Crippen LogP contribution in [0.25, 0.3) is 0 Å². The number of esters is 1. The maximum atomic E-state index is 14.4. The molecule has 0 saturated carbocycles. The number of hydrogen-bond donors (Lipinski definition) is 3. The lowest BCUT2D eigenvalue weighted by Crippen LogP contribution is -2.59. The Bertz CT molecular complexity index is 1750. The Morgan fingerprint density at radius 1 is 1.07 bits per heavy atom. The number of ether oxygens (including phenoxy) is 5. The first-order valence-electron chi connectivity index (χ1n) is 19.1. The molecule has 0 radical (unpaired) electrons. The molecular weight excluding hydrogens is 719 g/mol. The molecule has 2 bridgehead atoms. The molecule has 0 aromatic heterocycles. The molecule has 1 aliphatic carbocycles. The van der Waals surface area contributed by atoms with E-state index in [9.17, 15) is 33.0 Å². The average molecular weight is 772 g/mol. The van der Waals surface area contributed by atoms with E-state index in [1.165, 1.54) is 6.08 Å². The van der Waals surface area contributed by atoms with Crippen molar-refractivity contribution >= 4 is 17.7 Å². The Morgan fingerprint density at radius 3 is 2.49 bits per heavy atom. The zero-order valence-corrected chi connectivity index (χ0v) is 32.0. The van der Waals surface area contributed by atoms with E-state index < -0.39 is 71.6 Å². The number of carbonyl (C=O) groups excluding carboxylic acids is 2. The highest BCUT2D eigenvalue weighted by molar-refractivity contribution is 5.85. The molecule has 300 valence electrons. The minimum absolute atomic E-state index is 0.0639. The number of nitrogens with one attached hydrogen (secondary N) is 1. The molecule has 10 nitrogen and oxygen atoms in total. The first-order chi connectivity index (χ1) is 25.9. The second kappa shape index (κ2) is 16.0. The van der Waals surface area contributed by atoms with E-state index in [0.717, 1.165) is 36.3 Å². The molecule has 0 unspecified atom stereocenters. The van der Waals surface area contributed by atoms with Gasteiger partial charge in [0.25, 0.3) is 0 Å². The largest absolute Gasteiger partial charge is 0.462 e. The summed E-state index contributed by atoms with van der Waals surface area (Å²) in [6.45, 7) is 11.6. The summed E-state index contributed by atoms with van der Waals surface area (Å²) >= 11 is 0. The molecule has 5 aliphatic rings. The number of amides is 1. The van der Waals surface area contributed by atoms with E-state index in [1.54, 1.807) is 25.2 Å². The summed E-state index contributed by atoms with van der Waals surface area (Å²) in [4.78, 5) is 27.5. The van der Waals surface area contributed by atoms with Crippen molar-refractivity contribution in [3.8, 4) is 0 Å². The fraction of sp³-hybridized carbons (Fsp3) is 0.571. The second-order valence-electron chi connectivity index (χ2n) is 15.8. The number of fused-ring (bicyclic) bond motifs is 2. The topological polar surface area (TPSA) is 133 Å². The van der Waals surface area contributed by atoms with Gasteiger partial charge < -0.3 is 33.9 Å². The Labute approximate surface area is 320 Å². The normalized spacial score (nSPS) is 39.7. The van der Waals surface area contributed by atoms with Gasteiger partial charge in [0.15, 0.2) is 11.9 Å². The van der Waals surface area contributed by atoms with Crippen LogP contribution in [0.1, 0.15) is 72.8 Å². The summed E-state index contributed by atoms with van der Waals surface area (Å²) in [6, 6.07) is 3.89. The summed E-state index contributed by atoms with van der Waals surface area (Å²) in [7, 11) is 0. The van der Waals surface area contributed by atoms with Crippen LogP contribution in [0.4, 0.5) is 23.7 Å². The quantitative estimate of drug-likeness (QED) is 0.209. The van der Waals surface area contributed by atoms with Crippen molar-refractivity contribution in [2.75, 3.05) is 11.9 Å². The van der Waals surface area contributed by atoms with E-state index in [2.05, 4.69) is 32.2 Å². The zero-order chi connectivity index (χ0) is 39.9. The van der Waals surface area contributed by atoms with Gasteiger partial charge in [0, 0.05) is 30.4 Å². The average Bonchev–Trinajstić information content (AvgIpc) is 3.47. The van der Waals surface area contributed by atoms with Crippen LogP contribution >= 0.6 is 0 Å². The zero-order valence-electron chi connectivity index (χ0n) is 32.0. The van der Waals surface area contributed by atoms with Crippen molar-refractivity contribution in [2.45, 2.75) is 121 Å². The molecular formula is C42H52F3NO9.